The summed E-state index contributed by atoms with van der Waals surface area (Å²) in [5, 5.41) is 2.93. The summed E-state index contributed by atoms with van der Waals surface area (Å²) in [6.07, 6.45) is 19.4. The Balaban J connectivity index is 0.000000193. The Morgan fingerprint density at radius 2 is 1.37 bits per heavy atom. The topological polar surface area (TPSA) is 0 Å². The fourth-order valence-corrected chi connectivity index (χ4v) is 12.0. The Kier molecular flexibility index (Phi) is 12.0. The first-order valence-electron chi connectivity index (χ1n) is 19.5. The molecule has 0 N–H and O–H groups in total. The van der Waals surface area contributed by atoms with Gasteiger partial charge in [-0.05, 0) is 122 Å². The van der Waals surface area contributed by atoms with Crippen LogP contribution in [-0.4, -0.2) is 3.21 Å². The minimum absolute atomic E-state index is 0. The zero-order valence-electron chi connectivity index (χ0n) is 33.2. The Morgan fingerprint density at radius 3 is 1.90 bits per heavy atom. The van der Waals surface area contributed by atoms with Gasteiger partial charge in [-0.3, -0.25) is 6.08 Å². The molecule has 0 amide bonds. The zero-order chi connectivity index (χ0) is 35.2. The van der Waals surface area contributed by atoms with E-state index in [1.165, 1.54) is 61.1 Å². The molecule has 5 atom stereocenters. The van der Waals surface area contributed by atoms with Crippen LogP contribution in [0.5, 0.6) is 0 Å². The van der Waals surface area contributed by atoms with Gasteiger partial charge in [-0.2, -0.15) is 17.6 Å². The standard InChI is InChI=1S/C29H33.C16H21.C3H6.2ClH.Zr/c1-14-13-24-25(18(5)15(14)2)21(8)28-27-20(7)17(4)16(3)19(6)26(27)22-11-9-10-12-23(22)29(24)28;1-15(4-2-3-5-15)16-9-12-6-13(10-16)8-14(7-12)11-16;1-3-2;;;/h9-13,16-17,19,21H,1-8H3;2,4-5,12-14H,6-11H2,1H3;1-2H3;2*1H;/q2*-1;;;;+2/p-2. The molecule has 3 heteroatoms. The molecule has 10 rings (SSSR count). The van der Waals surface area contributed by atoms with Crippen LogP contribution < -0.4 is 24.8 Å². The normalized spacial score (nSPS) is 32.9. The van der Waals surface area contributed by atoms with Crippen LogP contribution in [0.25, 0.3) is 21.9 Å². The fraction of sp³-hybridized carbons (Fsp3) is 0.542. The van der Waals surface area contributed by atoms with E-state index in [0.29, 0.717) is 34.5 Å². The number of benzene rings is 3. The quantitative estimate of drug-likeness (QED) is 0.230. The molecule has 3 aromatic rings. The monoisotopic (exact) mass is 796 g/mol. The van der Waals surface area contributed by atoms with Gasteiger partial charge >= 0.3 is 41.3 Å². The minimum atomic E-state index is 0. The molecular weight excluding hydrogens is 739 g/mol. The number of hydrogen-bond donors (Lipinski definition) is 0. The van der Waals surface area contributed by atoms with Gasteiger partial charge in [0.2, 0.25) is 0 Å². The van der Waals surface area contributed by atoms with E-state index in [-0.39, 0.29) is 24.8 Å². The molecule has 7 aliphatic rings. The molecule has 7 aliphatic carbocycles. The van der Waals surface area contributed by atoms with E-state index in [1.54, 1.807) is 71.7 Å². The third-order valence-corrected chi connectivity index (χ3v) is 14.8. The van der Waals surface area contributed by atoms with Crippen molar-refractivity contribution in [3.63, 3.8) is 0 Å². The number of halogens is 2. The zero-order valence-corrected chi connectivity index (χ0v) is 37.1. The Labute approximate surface area is 338 Å². The first-order valence-corrected chi connectivity index (χ1v) is 20.7. The number of allylic oxidation sites excluding steroid dienone is 4. The average Bonchev–Trinajstić information content (AvgIpc) is 3.63. The van der Waals surface area contributed by atoms with E-state index < -0.39 is 0 Å². The van der Waals surface area contributed by atoms with Gasteiger partial charge in [0, 0.05) is 0 Å². The predicted octanol–water partition coefficient (Wildman–Crippen LogP) is 7.12. The molecule has 0 spiro atoms. The number of hydrogen-bond acceptors (Lipinski definition) is 0. The molecule has 51 heavy (non-hydrogen) atoms. The molecule has 0 nitrogen and oxygen atoms in total. The number of rotatable bonds is 1. The van der Waals surface area contributed by atoms with Gasteiger partial charge in [-0.15, -0.1) is 11.1 Å². The minimum Gasteiger partial charge on any atom is -1.00 e. The molecule has 4 saturated carbocycles. The van der Waals surface area contributed by atoms with Crippen molar-refractivity contribution in [1.82, 2.24) is 0 Å². The van der Waals surface area contributed by atoms with Gasteiger partial charge in [0.25, 0.3) is 0 Å². The van der Waals surface area contributed by atoms with Crippen molar-refractivity contribution in [2.24, 2.45) is 40.4 Å². The third kappa shape index (κ3) is 6.59. The van der Waals surface area contributed by atoms with E-state index in [9.17, 15) is 0 Å². The summed E-state index contributed by atoms with van der Waals surface area (Å²) in [4.78, 5) is 0. The summed E-state index contributed by atoms with van der Waals surface area (Å²) < 4.78 is 1.51. The number of aryl methyl sites for hydroxylation is 1. The van der Waals surface area contributed by atoms with Crippen molar-refractivity contribution in [2.45, 2.75) is 127 Å². The summed E-state index contributed by atoms with van der Waals surface area (Å²) in [6, 6.07) is 11.7. The van der Waals surface area contributed by atoms with Crippen LogP contribution in [-0.2, 0) is 24.2 Å². The summed E-state index contributed by atoms with van der Waals surface area (Å²) >= 11 is 1.55. The Bertz CT molecular complexity index is 1820. The van der Waals surface area contributed by atoms with E-state index in [1.807, 2.05) is 0 Å². The van der Waals surface area contributed by atoms with Crippen LogP contribution >= 0.6 is 0 Å². The van der Waals surface area contributed by atoms with Crippen molar-refractivity contribution >= 4 is 14.0 Å². The molecule has 3 aromatic carbocycles. The molecule has 0 aliphatic heterocycles. The summed E-state index contributed by atoms with van der Waals surface area (Å²) in [5.74, 6) is 7.12. The molecule has 272 valence electrons. The SMILES string of the molecule is CC1(C23CC4CC(CC(C4)C2)C3)C=[C-]C=C1.C[C](C)=[Zr+2].Cc1cc2c(c(C)c1C)C(C)c1c3c(c4ccccc4c1-2)C(C)C(C)C(C)[C-]3C.[Cl-].[Cl-]. The molecule has 0 saturated heterocycles. The maximum absolute atomic E-state index is 3.33. The first-order chi connectivity index (χ1) is 23.2. The van der Waals surface area contributed by atoms with Gasteiger partial charge in [0.1, 0.15) is 0 Å². The van der Waals surface area contributed by atoms with Crippen molar-refractivity contribution in [3.8, 4) is 11.1 Å². The van der Waals surface area contributed by atoms with Crippen molar-refractivity contribution in [1.29, 1.82) is 0 Å². The van der Waals surface area contributed by atoms with Gasteiger partial charge in [-0.25, -0.2) is 12.2 Å². The average molecular weight is 799 g/mol. The molecule has 5 unspecified atom stereocenters. The third-order valence-electron chi connectivity index (χ3n) is 14.8. The van der Waals surface area contributed by atoms with Crippen molar-refractivity contribution < 1.29 is 49.0 Å². The van der Waals surface area contributed by atoms with Crippen molar-refractivity contribution in [2.75, 3.05) is 0 Å². The fourth-order valence-electron chi connectivity index (χ4n) is 12.0. The van der Waals surface area contributed by atoms with Gasteiger partial charge < -0.3 is 24.8 Å². The van der Waals surface area contributed by atoms with Crippen LogP contribution in [0, 0.1) is 73.2 Å². The number of fused-ring (bicyclic) bond motifs is 8. The Hall–Kier alpha value is -1.40. The van der Waals surface area contributed by atoms with Crippen LogP contribution in [0.1, 0.15) is 145 Å². The van der Waals surface area contributed by atoms with Gasteiger partial charge in [-0.1, -0.05) is 106 Å². The molecule has 0 heterocycles. The summed E-state index contributed by atoms with van der Waals surface area (Å²) in [7, 11) is 0. The smallest absolute Gasteiger partial charge is 0.0264 e. The van der Waals surface area contributed by atoms with Gasteiger partial charge in [0.05, 0.1) is 0 Å². The van der Waals surface area contributed by atoms with Crippen LogP contribution in [0.15, 0.2) is 48.6 Å². The van der Waals surface area contributed by atoms with Crippen molar-refractivity contribution in [3.05, 3.63) is 99.5 Å². The molecule has 4 fully saturated rings. The molecular formula is C48H60Cl2Zr-2. The summed E-state index contributed by atoms with van der Waals surface area (Å²) in [6.45, 7) is 25.8. The van der Waals surface area contributed by atoms with E-state index >= 15 is 0 Å². The van der Waals surface area contributed by atoms with E-state index in [2.05, 4.69) is 131 Å². The second kappa shape index (κ2) is 15.0. The van der Waals surface area contributed by atoms with Crippen LogP contribution in [0.3, 0.4) is 0 Å². The Morgan fingerprint density at radius 1 is 0.824 bits per heavy atom. The molecule has 0 radical (unpaired) electrons. The largest absolute Gasteiger partial charge is 1.00 e. The maximum Gasteiger partial charge on any atom is -0.0264 e. The summed E-state index contributed by atoms with van der Waals surface area (Å²) in [5.41, 5.74) is 14.7. The van der Waals surface area contributed by atoms with Gasteiger partial charge in [0.15, 0.2) is 0 Å². The second-order valence-electron chi connectivity index (χ2n) is 18.0. The van der Waals surface area contributed by atoms with Crippen LogP contribution in [0.4, 0.5) is 0 Å². The van der Waals surface area contributed by atoms with E-state index in [0.717, 1.165) is 17.8 Å². The first kappa shape index (κ1) is 40.8. The predicted molar refractivity (Wildman–Crippen MR) is 208 cm³/mol. The van der Waals surface area contributed by atoms with Crippen LogP contribution in [0.2, 0.25) is 0 Å². The van der Waals surface area contributed by atoms with E-state index in [4.69, 9.17) is 0 Å². The second-order valence-corrected chi connectivity index (χ2v) is 20.5. The molecule has 4 bridgehead atoms. The molecule has 0 aromatic heterocycles. The maximum atomic E-state index is 3.33.